The fourth-order valence-corrected chi connectivity index (χ4v) is 4.39. The van der Waals surface area contributed by atoms with Crippen molar-refractivity contribution in [2.45, 2.75) is 59.1 Å². The molecule has 0 aliphatic carbocycles. The molecule has 6 heteroatoms. The molecule has 0 aromatic heterocycles. The van der Waals surface area contributed by atoms with Crippen molar-refractivity contribution in [1.82, 2.24) is 10.6 Å². The number of nitrogens with zero attached hydrogens (tertiary/aromatic N) is 2. The highest BCUT2D eigenvalue weighted by Gasteiger charge is 2.59. The minimum absolute atomic E-state index is 0.0400. The van der Waals surface area contributed by atoms with E-state index in [1.807, 2.05) is 20.8 Å². The number of hydrogen-bond donors (Lipinski definition) is 2. The number of carbonyl (C=O) groups is 1. The number of amides is 1. The molecule has 2 unspecified atom stereocenters. The number of quaternary nitrogens is 2. The van der Waals surface area contributed by atoms with Gasteiger partial charge in [-0.1, -0.05) is 4.59 Å². The smallest absolute Gasteiger partial charge is 0.411 e. The predicted octanol–water partition coefficient (Wildman–Crippen LogP) is 1.87. The first kappa shape index (κ1) is 19.6. The molecule has 0 saturated carbocycles. The van der Waals surface area contributed by atoms with E-state index in [0.717, 1.165) is 69.8 Å². The third-order valence-electron chi connectivity index (χ3n) is 5.57. The van der Waals surface area contributed by atoms with Gasteiger partial charge in [-0.25, -0.2) is 0 Å². The summed E-state index contributed by atoms with van der Waals surface area (Å²) in [6, 6.07) is 0.385. The Kier molecular flexibility index (Phi) is 6.29. The lowest BCUT2D eigenvalue weighted by molar-refractivity contribution is -1.47. The van der Waals surface area contributed by atoms with E-state index in [2.05, 4.69) is 24.5 Å². The van der Waals surface area contributed by atoms with E-state index in [4.69, 9.17) is 4.74 Å². The number of ether oxygens (including phenoxy) is 1. The van der Waals surface area contributed by atoms with Crippen LogP contribution < -0.4 is 10.6 Å². The molecule has 24 heavy (non-hydrogen) atoms. The van der Waals surface area contributed by atoms with Crippen molar-refractivity contribution in [2.24, 2.45) is 0 Å². The lowest BCUT2D eigenvalue weighted by Gasteiger charge is -2.52. The van der Waals surface area contributed by atoms with Crippen LogP contribution >= 0.6 is 0 Å². The predicted molar refractivity (Wildman–Crippen MR) is 96.3 cm³/mol. The van der Waals surface area contributed by atoms with Gasteiger partial charge in [0.15, 0.2) is 0 Å². The van der Waals surface area contributed by atoms with Gasteiger partial charge < -0.3 is 15.4 Å². The van der Waals surface area contributed by atoms with Crippen molar-refractivity contribution in [2.75, 3.05) is 52.4 Å². The molecule has 0 radical (unpaired) electrons. The average molecular weight is 343 g/mol. The standard InChI is InChI=1S/C18H38N4O2/c1-16(2)21(12-6-8-19-10-14-21)22(13-7-9-20-11-15-22)17(23)24-18(3,4)5/h16,19-20H,6-15H2,1-5H3/q+2. The summed E-state index contributed by atoms with van der Waals surface area (Å²) in [7, 11) is 0. The van der Waals surface area contributed by atoms with Crippen molar-refractivity contribution >= 4 is 6.09 Å². The van der Waals surface area contributed by atoms with E-state index in [0.29, 0.717) is 10.6 Å². The summed E-state index contributed by atoms with van der Waals surface area (Å²) in [5, 5.41) is 7.00. The van der Waals surface area contributed by atoms with Crippen LogP contribution in [0.25, 0.3) is 0 Å². The van der Waals surface area contributed by atoms with Gasteiger partial charge in [-0.05, 0) is 34.6 Å². The fraction of sp³-hybridized carbons (Fsp3) is 0.944. The van der Waals surface area contributed by atoms with Crippen LogP contribution in [-0.4, -0.2) is 79.3 Å². The van der Waals surface area contributed by atoms with Gasteiger partial charge in [0.1, 0.15) is 37.8 Å². The van der Waals surface area contributed by atoms with E-state index in [9.17, 15) is 4.79 Å². The monoisotopic (exact) mass is 342 g/mol. The van der Waals surface area contributed by atoms with E-state index in [-0.39, 0.29) is 6.09 Å². The highest BCUT2D eigenvalue weighted by molar-refractivity contribution is 5.59. The minimum atomic E-state index is -0.451. The zero-order valence-electron chi connectivity index (χ0n) is 16.4. The van der Waals surface area contributed by atoms with Gasteiger partial charge in [0.05, 0.1) is 6.54 Å². The zero-order valence-corrected chi connectivity index (χ0v) is 16.4. The summed E-state index contributed by atoms with van der Waals surface area (Å²) >= 11 is 0. The molecule has 140 valence electrons. The van der Waals surface area contributed by atoms with Crippen LogP contribution in [0, 0.1) is 0 Å². The van der Waals surface area contributed by atoms with Crippen molar-refractivity contribution < 1.29 is 18.7 Å². The summed E-state index contributed by atoms with van der Waals surface area (Å²) in [5.74, 6) is 0. The van der Waals surface area contributed by atoms with Crippen LogP contribution in [0.5, 0.6) is 0 Å². The second-order valence-corrected chi connectivity index (χ2v) is 8.59. The van der Waals surface area contributed by atoms with Crippen LogP contribution in [0.3, 0.4) is 0 Å². The normalized spacial score (nSPS) is 32.9. The Labute approximate surface area is 147 Å². The molecule has 1 amide bonds. The molecule has 6 nitrogen and oxygen atoms in total. The first-order chi connectivity index (χ1) is 11.2. The second kappa shape index (κ2) is 7.68. The quantitative estimate of drug-likeness (QED) is 0.752. The first-order valence-corrected chi connectivity index (χ1v) is 9.63. The van der Waals surface area contributed by atoms with Gasteiger partial charge in [-0.3, -0.25) is 0 Å². The summed E-state index contributed by atoms with van der Waals surface area (Å²) in [6.45, 7) is 18.0. The Balaban J connectivity index is 2.47. The number of hydrogen-bond acceptors (Lipinski definition) is 4. The number of rotatable bonds is 2. The minimum Gasteiger partial charge on any atom is -0.411 e. The maximum absolute atomic E-state index is 13.5. The molecular formula is C18H38N4O2+2. The molecule has 0 aromatic rings. The molecule has 2 aliphatic rings. The summed E-state index contributed by atoms with van der Waals surface area (Å²) in [4.78, 5) is 13.5. The Hall–Kier alpha value is -0.690. The van der Waals surface area contributed by atoms with E-state index >= 15 is 0 Å². The Morgan fingerprint density at radius 3 is 2.08 bits per heavy atom. The van der Waals surface area contributed by atoms with Crippen molar-refractivity contribution in [3.05, 3.63) is 0 Å². The largest absolute Gasteiger partial charge is 0.566 e. The van der Waals surface area contributed by atoms with Gasteiger partial charge in [0.2, 0.25) is 0 Å². The maximum atomic E-state index is 13.5. The number of nitrogens with one attached hydrogen (secondary N) is 2. The molecule has 2 fully saturated rings. The summed E-state index contributed by atoms with van der Waals surface area (Å²) < 4.78 is 7.22. The third kappa shape index (κ3) is 3.93. The first-order valence-electron chi connectivity index (χ1n) is 9.63. The van der Waals surface area contributed by atoms with Gasteiger partial charge >= 0.3 is 6.09 Å². The van der Waals surface area contributed by atoms with Crippen molar-refractivity contribution in [3.63, 3.8) is 0 Å². The van der Waals surface area contributed by atoms with E-state index in [1.165, 1.54) is 0 Å². The summed E-state index contributed by atoms with van der Waals surface area (Å²) in [6.07, 6.45) is 2.08. The molecule has 0 aromatic carbocycles. The van der Waals surface area contributed by atoms with Crippen molar-refractivity contribution in [1.29, 1.82) is 0 Å². The van der Waals surface area contributed by atoms with Crippen LogP contribution in [0.2, 0.25) is 0 Å². The molecule has 2 N–H and O–H groups in total. The summed E-state index contributed by atoms with van der Waals surface area (Å²) in [5.41, 5.74) is -0.451. The van der Waals surface area contributed by atoms with Crippen molar-refractivity contribution in [3.8, 4) is 0 Å². The molecule has 2 saturated heterocycles. The Bertz CT molecular complexity index is 415. The average Bonchev–Trinajstić information content (AvgIpc) is 2.87. The molecular weight excluding hydrogens is 304 g/mol. The molecule has 2 aliphatic heterocycles. The molecule has 2 heterocycles. The van der Waals surface area contributed by atoms with Gasteiger partial charge in [0.25, 0.3) is 0 Å². The third-order valence-corrected chi connectivity index (χ3v) is 5.57. The highest BCUT2D eigenvalue weighted by atomic mass is 16.6. The topological polar surface area (TPSA) is 50.4 Å². The van der Waals surface area contributed by atoms with Gasteiger partial charge in [0, 0.05) is 32.5 Å². The molecule has 2 atom stereocenters. The van der Waals surface area contributed by atoms with Crippen LogP contribution in [0.1, 0.15) is 47.5 Å². The highest BCUT2D eigenvalue weighted by Crippen LogP contribution is 2.32. The zero-order chi connectivity index (χ0) is 17.8. The van der Waals surface area contributed by atoms with Gasteiger partial charge in [-0.15, -0.1) is 0 Å². The fourth-order valence-electron chi connectivity index (χ4n) is 4.39. The lowest BCUT2D eigenvalue weighted by Crippen LogP contribution is -2.79. The molecule has 0 spiro atoms. The van der Waals surface area contributed by atoms with E-state index in [1.54, 1.807) is 0 Å². The Morgan fingerprint density at radius 2 is 1.50 bits per heavy atom. The number of carbonyl (C=O) groups excluding carboxylic acids is 1. The molecule has 2 rings (SSSR count). The van der Waals surface area contributed by atoms with Crippen LogP contribution in [0.4, 0.5) is 4.79 Å². The maximum Gasteiger partial charge on any atom is 0.566 e. The Morgan fingerprint density at radius 1 is 0.917 bits per heavy atom. The lowest BCUT2D eigenvalue weighted by atomic mass is 10.2. The van der Waals surface area contributed by atoms with E-state index < -0.39 is 5.60 Å². The molecule has 0 bridgehead atoms. The van der Waals surface area contributed by atoms with Crippen LogP contribution in [0.15, 0.2) is 0 Å². The second-order valence-electron chi connectivity index (χ2n) is 8.59. The van der Waals surface area contributed by atoms with Gasteiger partial charge in [-0.2, -0.15) is 9.39 Å². The SMILES string of the molecule is CC(C)[N+]1([N+]2(C(=O)OC(C)(C)C)CCCNCC2)CCCNCC1. The van der Waals surface area contributed by atoms with Crippen LogP contribution in [-0.2, 0) is 4.74 Å².